The summed E-state index contributed by atoms with van der Waals surface area (Å²) in [6.45, 7) is 10.1. The summed E-state index contributed by atoms with van der Waals surface area (Å²) >= 11 is 0. The number of nitrogens with one attached hydrogen (secondary N) is 1. The van der Waals surface area contributed by atoms with E-state index in [1.807, 2.05) is 43.7 Å². The summed E-state index contributed by atoms with van der Waals surface area (Å²) < 4.78 is 7.52. The van der Waals surface area contributed by atoms with E-state index in [2.05, 4.69) is 37.4 Å². The average molecular weight is 353 g/mol. The van der Waals surface area contributed by atoms with Crippen molar-refractivity contribution >= 4 is 6.09 Å². The topological polar surface area (TPSA) is 56.2 Å². The third-order valence-electron chi connectivity index (χ3n) is 4.77. The molecule has 1 heterocycles. The minimum Gasteiger partial charge on any atom is -0.442 e. The Bertz CT molecular complexity index is 836. The molecule has 2 aromatic rings. The third kappa shape index (κ3) is 3.66. The minimum atomic E-state index is -0.362. The molecule has 2 unspecified atom stereocenters. The maximum atomic E-state index is 11.8. The number of benzene rings is 1. The lowest BCUT2D eigenvalue weighted by Gasteiger charge is -2.16. The number of hydrogen-bond donors (Lipinski definition) is 1. The molecule has 0 bridgehead atoms. The van der Waals surface area contributed by atoms with Crippen LogP contribution in [0.3, 0.4) is 0 Å². The van der Waals surface area contributed by atoms with Crippen molar-refractivity contribution < 1.29 is 9.53 Å². The number of aromatic nitrogens is 2. The third-order valence-corrected chi connectivity index (χ3v) is 4.77. The van der Waals surface area contributed by atoms with Crippen LogP contribution in [-0.4, -0.2) is 28.0 Å². The second kappa shape index (κ2) is 7.36. The number of hydrogen-bond acceptors (Lipinski definition) is 3. The van der Waals surface area contributed by atoms with Gasteiger partial charge in [-0.2, -0.15) is 5.10 Å². The Balaban J connectivity index is 1.78. The Hall–Kier alpha value is -2.56. The fourth-order valence-corrected chi connectivity index (χ4v) is 3.60. The number of aryl methyl sites for hydroxylation is 2. The zero-order chi connectivity index (χ0) is 18.8. The Morgan fingerprint density at radius 3 is 2.65 bits per heavy atom. The van der Waals surface area contributed by atoms with Crippen LogP contribution >= 0.6 is 0 Å². The van der Waals surface area contributed by atoms with Crippen molar-refractivity contribution in [1.82, 2.24) is 15.1 Å². The molecule has 0 saturated heterocycles. The number of nitrogens with zero attached hydrogens (tertiary/aromatic N) is 2. The van der Waals surface area contributed by atoms with Crippen LogP contribution in [0.1, 0.15) is 48.7 Å². The molecule has 2 atom stereocenters. The highest BCUT2D eigenvalue weighted by atomic mass is 16.6. The number of ether oxygens (including phenoxy) is 1. The summed E-state index contributed by atoms with van der Waals surface area (Å²) in [5.41, 5.74) is 5.68. The average Bonchev–Trinajstić information content (AvgIpc) is 3.11. The fourth-order valence-electron chi connectivity index (χ4n) is 3.60. The number of alkyl carbamates (subject to hydrolysis) is 1. The lowest BCUT2D eigenvalue weighted by Crippen LogP contribution is -2.33. The van der Waals surface area contributed by atoms with E-state index in [0.29, 0.717) is 0 Å². The summed E-state index contributed by atoms with van der Waals surface area (Å²) in [5, 5.41) is 7.54. The summed E-state index contributed by atoms with van der Waals surface area (Å²) in [4.78, 5) is 11.8. The largest absolute Gasteiger partial charge is 0.442 e. The monoisotopic (exact) mass is 353 g/mol. The number of para-hydroxylation sites is 1. The fraction of sp³-hybridized carbons (Fsp3) is 0.429. The van der Waals surface area contributed by atoms with Crippen molar-refractivity contribution in [2.75, 3.05) is 0 Å². The molecule has 1 aliphatic rings. The van der Waals surface area contributed by atoms with Crippen LogP contribution in [0.2, 0.25) is 0 Å². The van der Waals surface area contributed by atoms with Crippen LogP contribution in [0.25, 0.3) is 5.69 Å². The summed E-state index contributed by atoms with van der Waals surface area (Å²) in [7, 11) is 0. The minimum absolute atomic E-state index is 0.0699. The van der Waals surface area contributed by atoms with Crippen LogP contribution in [-0.2, 0) is 4.74 Å². The molecule has 5 heteroatoms. The molecular weight excluding hydrogens is 326 g/mol. The number of rotatable bonds is 4. The number of carbonyl (C=O) groups excluding carboxylic acids is 1. The van der Waals surface area contributed by atoms with E-state index >= 15 is 0 Å². The van der Waals surface area contributed by atoms with E-state index in [4.69, 9.17) is 9.84 Å². The lowest BCUT2D eigenvalue weighted by atomic mass is 9.96. The molecule has 0 fully saturated rings. The van der Waals surface area contributed by atoms with Crippen molar-refractivity contribution in [3.05, 3.63) is 58.9 Å². The quantitative estimate of drug-likeness (QED) is 0.832. The predicted molar refractivity (Wildman–Crippen MR) is 103 cm³/mol. The Kier molecular flexibility index (Phi) is 5.16. The van der Waals surface area contributed by atoms with E-state index in [1.165, 1.54) is 11.1 Å². The molecule has 1 N–H and O–H groups in total. The first-order valence-electron chi connectivity index (χ1n) is 9.14. The summed E-state index contributed by atoms with van der Waals surface area (Å²) in [6.07, 6.45) is 4.31. The molecule has 1 aromatic heterocycles. The van der Waals surface area contributed by atoms with Crippen molar-refractivity contribution in [1.29, 1.82) is 0 Å². The van der Waals surface area contributed by atoms with Crippen molar-refractivity contribution in [2.24, 2.45) is 0 Å². The van der Waals surface area contributed by atoms with E-state index in [1.54, 1.807) is 0 Å². The van der Waals surface area contributed by atoms with E-state index < -0.39 is 0 Å². The Morgan fingerprint density at radius 1 is 1.23 bits per heavy atom. The van der Waals surface area contributed by atoms with Gasteiger partial charge in [0.2, 0.25) is 0 Å². The van der Waals surface area contributed by atoms with Gasteiger partial charge in [-0.1, -0.05) is 24.3 Å². The first-order valence-corrected chi connectivity index (χ1v) is 9.14. The molecule has 5 nitrogen and oxygen atoms in total. The molecule has 1 amide bonds. The van der Waals surface area contributed by atoms with Gasteiger partial charge in [-0.3, -0.25) is 0 Å². The van der Waals surface area contributed by atoms with Gasteiger partial charge in [-0.05, 0) is 58.7 Å². The highest BCUT2D eigenvalue weighted by molar-refractivity contribution is 5.68. The smallest absolute Gasteiger partial charge is 0.407 e. The molecule has 138 valence electrons. The van der Waals surface area contributed by atoms with Gasteiger partial charge in [-0.15, -0.1) is 0 Å². The van der Waals surface area contributed by atoms with Gasteiger partial charge in [0.1, 0.15) is 6.10 Å². The molecule has 0 radical (unpaired) electrons. The van der Waals surface area contributed by atoms with Crippen LogP contribution < -0.4 is 5.32 Å². The van der Waals surface area contributed by atoms with Gasteiger partial charge >= 0.3 is 6.09 Å². The SMILES string of the molecule is Cc1ccccc1-n1nc(C)c(C2C=CC(OC(=O)NC(C)C)C2)c1C. The van der Waals surface area contributed by atoms with Crippen LogP contribution in [0, 0.1) is 20.8 Å². The van der Waals surface area contributed by atoms with Crippen molar-refractivity contribution in [3.8, 4) is 5.69 Å². The van der Waals surface area contributed by atoms with Crippen molar-refractivity contribution in [2.45, 2.75) is 59.1 Å². The maximum absolute atomic E-state index is 11.8. The second-order valence-electron chi connectivity index (χ2n) is 7.25. The molecule has 0 spiro atoms. The highest BCUT2D eigenvalue weighted by Gasteiger charge is 2.28. The van der Waals surface area contributed by atoms with Gasteiger partial charge in [0, 0.05) is 23.2 Å². The Morgan fingerprint density at radius 2 is 1.96 bits per heavy atom. The zero-order valence-electron chi connectivity index (χ0n) is 16.1. The maximum Gasteiger partial charge on any atom is 0.407 e. The zero-order valence-corrected chi connectivity index (χ0v) is 16.1. The van der Waals surface area contributed by atoms with Crippen molar-refractivity contribution in [3.63, 3.8) is 0 Å². The van der Waals surface area contributed by atoms with E-state index in [0.717, 1.165) is 23.5 Å². The molecule has 1 aromatic carbocycles. The second-order valence-corrected chi connectivity index (χ2v) is 7.25. The first-order chi connectivity index (χ1) is 12.4. The van der Waals surface area contributed by atoms with Crippen LogP contribution in [0.4, 0.5) is 4.79 Å². The molecular formula is C21H27N3O2. The van der Waals surface area contributed by atoms with Crippen LogP contribution in [0.15, 0.2) is 36.4 Å². The summed E-state index contributed by atoms with van der Waals surface area (Å²) in [6, 6.07) is 8.32. The van der Waals surface area contributed by atoms with E-state index in [-0.39, 0.29) is 24.2 Å². The predicted octanol–water partition coefficient (Wildman–Crippen LogP) is 4.34. The molecule has 1 aliphatic carbocycles. The molecule has 3 rings (SSSR count). The summed E-state index contributed by atoms with van der Waals surface area (Å²) in [5.74, 6) is 0.213. The Labute approximate surface area is 155 Å². The van der Waals surface area contributed by atoms with Gasteiger partial charge in [0.15, 0.2) is 0 Å². The standard InChI is InChI=1S/C21H27N3O2/c1-13(2)22-21(25)26-18-11-10-17(12-18)20-15(4)23-24(16(20)5)19-9-7-6-8-14(19)3/h6-11,13,17-18H,12H2,1-5H3,(H,22,25). The van der Waals surface area contributed by atoms with Gasteiger partial charge in [0.05, 0.1) is 11.4 Å². The first kappa shape index (κ1) is 18.2. The van der Waals surface area contributed by atoms with E-state index in [9.17, 15) is 4.79 Å². The lowest BCUT2D eigenvalue weighted by molar-refractivity contribution is 0.115. The molecule has 26 heavy (non-hydrogen) atoms. The van der Waals surface area contributed by atoms with Crippen LogP contribution in [0.5, 0.6) is 0 Å². The molecule has 0 aliphatic heterocycles. The number of carbonyl (C=O) groups is 1. The number of amides is 1. The number of allylic oxidation sites excluding steroid dienone is 1. The highest BCUT2D eigenvalue weighted by Crippen LogP contribution is 2.35. The van der Waals surface area contributed by atoms with Gasteiger partial charge in [-0.25, -0.2) is 9.48 Å². The molecule has 0 saturated carbocycles. The van der Waals surface area contributed by atoms with Gasteiger partial charge < -0.3 is 10.1 Å². The van der Waals surface area contributed by atoms with Gasteiger partial charge in [0.25, 0.3) is 0 Å². The normalized spacial score (nSPS) is 19.2.